The summed E-state index contributed by atoms with van der Waals surface area (Å²) < 4.78 is 5.12. The van der Waals surface area contributed by atoms with Gasteiger partial charge in [0.15, 0.2) is 0 Å². The van der Waals surface area contributed by atoms with E-state index in [-0.39, 0.29) is 5.54 Å². The summed E-state index contributed by atoms with van der Waals surface area (Å²) in [7, 11) is 1.66. The van der Waals surface area contributed by atoms with Gasteiger partial charge >= 0.3 is 0 Å². The maximum atomic E-state index is 9.24. The molecule has 2 rings (SSSR count). The predicted molar refractivity (Wildman–Crippen MR) is 66.6 cm³/mol. The Labute approximate surface area is 102 Å². The molecule has 1 saturated carbocycles. The molecule has 0 atom stereocenters. The zero-order valence-electron chi connectivity index (χ0n) is 10.2. The molecule has 90 valence electrons. The third-order valence-electron chi connectivity index (χ3n) is 3.46. The van der Waals surface area contributed by atoms with E-state index >= 15 is 0 Å². The number of methoxy groups -OCH3 is 1. The minimum absolute atomic E-state index is 0.292. The van der Waals surface area contributed by atoms with Gasteiger partial charge in [0, 0.05) is 6.54 Å². The lowest BCUT2D eigenvalue weighted by molar-refractivity contribution is 0.412. The zero-order chi connectivity index (χ0) is 12.1. The first-order valence-corrected chi connectivity index (χ1v) is 6.07. The molecule has 1 aromatic carbocycles. The smallest absolute Gasteiger partial charge is 0.118 e. The quantitative estimate of drug-likeness (QED) is 0.864. The Hall–Kier alpha value is -1.53. The average molecular weight is 230 g/mol. The van der Waals surface area contributed by atoms with Crippen LogP contribution in [0.4, 0.5) is 0 Å². The van der Waals surface area contributed by atoms with E-state index in [0.717, 1.165) is 38.0 Å². The van der Waals surface area contributed by atoms with Crippen LogP contribution in [0.25, 0.3) is 0 Å². The standard InChI is InChI=1S/C14H18N2O/c1-17-13-6-4-12(5-7-13)10-16-14(11-15)8-2-3-9-14/h4-7,16H,2-3,8-10H2,1H3. The molecule has 0 heterocycles. The first-order chi connectivity index (χ1) is 8.28. The summed E-state index contributed by atoms with van der Waals surface area (Å²) in [6.07, 6.45) is 4.26. The van der Waals surface area contributed by atoms with E-state index < -0.39 is 0 Å². The van der Waals surface area contributed by atoms with Crippen molar-refractivity contribution in [3.05, 3.63) is 29.8 Å². The predicted octanol–water partition coefficient (Wildman–Crippen LogP) is 2.62. The van der Waals surface area contributed by atoms with Gasteiger partial charge in [-0.1, -0.05) is 25.0 Å². The van der Waals surface area contributed by atoms with Crippen LogP contribution in [0, 0.1) is 11.3 Å². The molecule has 0 bridgehead atoms. The molecule has 0 saturated heterocycles. The van der Waals surface area contributed by atoms with Gasteiger partial charge in [-0.15, -0.1) is 0 Å². The normalized spacial score (nSPS) is 17.6. The maximum absolute atomic E-state index is 9.24. The first kappa shape index (κ1) is 11.9. The third kappa shape index (κ3) is 2.78. The summed E-state index contributed by atoms with van der Waals surface area (Å²) in [5, 5.41) is 12.6. The highest BCUT2D eigenvalue weighted by Gasteiger charge is 2.32. The largest absolute Gasteiger partial charge is 0.497 e. The Morgan fingerprint density at radius 2 is 1.94 bits per heavy atom. The topological polar surface area (TPSA) is 45.0 Å². The first-order valence-electron chi connectivity index (χ1n) is 6.07. The lowest BCUT2D eigenvalue weighted by Crippen LogP contribution is -2.40. The number of nitrogens with zero attached hydrogens (tertiary/aromatic N) is 1. The van der Waals surface area contributed by atoms with Crippen molar-refractivity contribution < 1.29 is 4.74 Å². The van der Waals surface area contributed by atoms with Crippen LogP contribution < -0.4 is 10.1 Å². The van der Waals surface area contributed by atoms with E-state index in [1.165, 1.54) is 5.56 Å². The monoisotopic (exact) mass is 230 g/mol. The lowest BCUT2D eigenvalue weighted by Gasteiger charge is -2.22. The van der Waals surface area contributed by atoms with E-state index in [4.69, 9.17) is 4.74 Å². The van der Waals surface area contributed by atoms with Crippen LogP contribution in [-0.2, 0) is 6.54 Å². The molecule has 17 heavy (non-hydrogen) atoms. The molecule has 3 heteroatoms. The van der Waals surface area contributed by atoms with Gasteiger partial charge in [0.1, 0.15) is 11.3 Å². The number of rotatable bonds is 4. The van der Waals surface area contributed by atoms with Gasteiger partial charge in [0.2, 0.25) is 0 Å². The molecular weight excluding hydrogens is 212 g/mol. The van der Waals surface area contributed by atoms with E-state index in [2.05, 4.69) is 11.4 Å². The Bertz CT molecular complexity index is 399. The molecule has 0 spiro atoms. The van der Waals surface area contributed by atoms with Gasteiger partial charge in [-0.05, 0) is 30.5 Å². The average Bonchev–Trinajstić information content (AvgIpc) is 2.86. The van der Waals surface area contributed by atoms with E-state index in [9.17, 15) is 5.26 Å². The fraction of sp³-hybridized carbons (Fsp3) is 0.500. The van der Waals surface area contributed by atoms with E-state index in [1.54, 1.807) is 7.11 Å². The molecule has 0 aliphatic heterocycles. The lowest BCUT2D eigenvalue weighted by atomic mass is 9.99. The second kappa shape index (κ2) is 5.20. The third-order valence-corrected chi connectivity index (χ3v) is 3.46. The fourth-order valence-electron chi connectivity index (χ4n) is 2.32. The van der Waals surface area contributed by atoms with Crippen molar-refractivity contribution in [1.29, 1.82) is 5.26 Å². The molecule has 1 fully saturated rings. The number of hydrogen-bond acceptors (Lipinski definition) is 3. The molecule has 0 unspecified atom stereocenters. The number of hydrogen-bond donors (Lipinski definition) is 1. The van der Waals surface area contributed by atoms with Crippen molar-refractivity contribution in [2.75, 3.05) is 7.11 Å². The SMILES string of the molecule is COc1ccc(CNC2(C#N)CCCC2)cc1. The van der Waals surface area contributed by atoms with Gasteiger partial charge in [0.25, 0.3) is 0 Å². The van der Waals surface area contributed by atoms with Crippen LogP contribution in [0.5, 0.6) is 5.75 Å². The van der Waals surface area contributed by atoms with Crippen LogP contribution in [0.3, 0.4) is 0 Å². The summed E-state index contributed by atoms with van der Waals surface area (Å²) in [5.74, 6) is 0.865. The Morgan fingerprint density at radius 3 is 2.47 bits per heavy atom. The molecule has 1 aliphatic carbocycles. The van der Waals surface area contributed by atoms with Gasteiger partial charge < -0.3 is 4.74 Å². The highest BCUT2D eigenvalue weighted by Crippen LogP contribution is 2.29. The molecule has 0 aromatic heterocycles. The summed E-state index contributed by atoms with van der Waals surface area (Å²) in [6, 6.07) is 10.4. The van der Waals surface area contributed by atoms with Crippen LogP contribution in [0.15, 0.2) is 24.3 Å². The Morgan fingerprint density at radius 1 is 1.29 bits per heavy atom. The fourth-order valence-corrected chi connectivity index (χ4v) is 2.32. The summed E-state index contributed by atoms with van der Waals surface area (Å²) in [4.78, 5) is 0. The number of nitrogens with one attached hydrogen (secondary N) is 1. The summed E-state index contributed by atoms with van der Waals surface area (Å²) >= 11 is 0. The van der Waals surface area contributed by atoms with Crippen LogP contribution in [0.1, 0.15) is 31.2 Å². The van der Waals surface area contributed by atoms with Crippen molar-refractivity contribution >= 4 is 0 Å². The van der Waals surface area contributed by atoms with Crippen LogP contribution >= 0.6 is 0 Å². The summed E-state index contributed by atoms with van der Waals surface area (Å²) in [6.45, 7) is 0.748. The van der Waals surface area contributed by atoms with Gasteiger partial charge in [-0.3, -0.25) is 5.32 Å². The van der Waals surface area contributed by atoms with Crippen LogP contribution in [-0.4, -0.2) is 12.6 Å². The zero-order valence-corrected chi connectivity index (χ0v) is 10.2. The van der Waals surface area contributed by atoms with Gasteiger partial charge in [-0.2, -0.15) is 5.26 Å². The molecule has 0 radical (unpaired) electrons. The minimum Gasteiger partial charge on any atom is -0.497 e. The van der Waals surface area contributed by atoms with E-state index in [0.29, 0.717) is 0 Å². The molecule has 0 amide bonds. The number of nitriles is 1. The Balaban J connectivity index is 1.95. The number of benzene rings is 1. The number of ether oxygens (including phenoxy) is 1. The highest BCUT2D eigenvalue weighted by atomic mass is 16.5. The van der Waals surface area contributed by atoms with E-state index in [1.807, 2.05) is 24.3 Å². The van der Waals surface area contributed by atoms with Crippen molar-refractivity contribution in [3.63, 3.8) is 0 Å². The van der Waals surface area contributed by atoms with Crippen molar-refractivity contribution in [2.24, 2.45) is 0 Å². The second-order valence-corrected chi connectivity index (χ2v) is 4.60. The molecule has 1 aliphatic rings. The highest BCUT2D eigenvalue weighted by molar-refractivity contribution is 5.27. The van der Waals surface area contributed by atoms with Crippen molar-refractivity contribution in [3.8, 4) is 11.8 Å². The van der Waals surface area contributed by atoms with Crippen LogP contribution in [0.2, 0.25) is 0 Å². The van der Waals surface area contributed by atoms with Crippen molar-refractivity contribution in [2.45, 2.75) is 37.8 Å². The molecule has 3 nitrogen and oxygen atoms in total. The van der Waals surface area contributed by atoms with Crippen molar-refractivity contribution in [1.82, 2.24) is 5.32 Å². The Kier molecular flexibility index (Phi) is 3.65. The van der Waals surface area contributed by atoms with Gasteiger partial charge in [0.05, 0.1) is 13.2 Å². The molecule has 1 aromatic rings. The minimum atomic E-state index is -0.292. The summed E-state index contributed by atoms with van der Waals surface area (Å²) in [5.41, 5.74) is 0.896. The maximum Gasteiger partial charge on any atom is 0.118 e. The van der Waals surface area contributed by atoms with Gasteiger partial charge in [-0.25, -0.2) is 0 Å². The molecule has 1 N–H and O–H groups in total. The second-order valence-electron chi connectivity index (χ2n) is 4.60. The molecular formula is C14H18N2O.